The summed E-state index contributed by atoms with van der Waals surface area (Å²) in [4.78, 5) is 20.3. The Labute approximate surface area is 213 Å². The van der Waals surface area contributed by atoms with Crippen LogP contribution in [0.4, 0.5) is 5.13 Å². The third kappa shape index (κ3) is 4.86. The van der Waals surface area contributed by atoms with Crippen molar-refractivity contribution in [3.8, 4) is 0 Å². The lowest BCUT2D eigenvalue weighted by Crippen LogP contribution is -2.44. The van der Waals surface area contributed by atoms with Crippen molar-refractivity contribution in [2.45, 2.75) is 31.2 Å². The Morgan fingerprint density at radius 2 is 1.89 bits per heavy atom. The lowest BCUT2D eigenvalue weighted by molar-refractivity contribution is -0.123. The number of benzene rings is 2. The van der Waals surface area contributed by atoms with Crippen LogP contribution in [0.2, 0.25) is 5.02 Å². The van der Waals surface area contributed by atoms with Crippen LogP contribution in [0, 0.1) is 12.8 Å². The van der Waals surface area contributed by atoms with Crippen LogP contribution in [0.1, 0.15) is 24.2 Å². The average Bonchev–Trinajstić information content (AvgIpc) is 3.53. The highest BCUT2D eigenvalue weighted by molar-refractivity contribution is 7.89. The van der Waals surface area contributed by atoms with Gasteiger partial charge >= 0.3 is 0 Å². The first kappa shape index (κ1) is 24.0. The Morgan fingerprint density at radius 1 is 1.14 bits per heavy atom. The molecule has 0 aliphatic carbocycles. The van der Waals surface area contributed by atoms with Gasteiger partial charge in [0.25, 0.3) is 0 Å². The molecule has 0 radical (unpaired) electrons. The Balaban J connectivity index is 1.36. The number of aryl methyl sites for hydroxylation is 1. The summed E-state index contributed by atoms with van der Waals surface area (Å²) >= 11 is 7.72. The summed E-state index contributed by atoms with van der Waals surface area (Å²) in [5, 5.41) is 1.08. The van der Waals surface area contributed by atoms with Crippen molar-refractivity contribution in [3.63, 3.8) is 0 Å². The van der Waals surface area contributed by atoms with Crippen molar-refractivity contribution >= 4 is 54.2 Å². The highest BCUT2D eigenvalue weighted by Crippen LogP contribution is 2.35. The molecular formula is C25H24ClN3O4S2. The number of halogens is 1. The van der Waals surface area contributed by atoms with Gasteiger partial charge in [-0.15, -0.1) is 0 Å². The van der Waals surface area contributed by atoms with Crippen molar-refractivity contribution in [1.82, 2.24) is 9.29 Å². The number of hydrogen-bond acceptors (Lipinski definition) is 6. The number of carbonyl (C=O) groups is 1. The van der Waals surface area contributed by atoms with Gasteiger partial charge in [-0.05, 0) is 56.2 Å². The molecular weight excluding hydrogens is 506 g/mol. The molecule has 3 heterocycles. The molecule has 10 heteroatoms. The normalized spacial score (nSPS) is 15.5. The smallest absolute Gasteiger partial charge is 0.243 e. The number of sulfonamides is 1. The Morgan fingerprint density at radius 3 is 2.54 bits per heavy atom. The maximum atomic E-state index is 13.7. The lowest BCUT2D eigenvalue weighted by atomic mass is 9.96. The number of fused-ring (bicyclic) bond motifs is 1. The summed E-state index contributed by atoms with van der Waals surface area (Å²) < 4.78 is 34.0. The molecule has 0 atom stereocenters. The number of para-hydroxylation sites is 1. The highest BCUT2D eigenvalue weighted by Gasteiger charge is 2.35. The molecule has 0 spiro atoms. The minimum Gasteiger partial charge on any atom is -0.467 e. The van der Waals surface area contributed by atoms with Crippen LogP contribution in [0.3, 0.4) is 0 Å². The Kier molecular flexibility index (Phi) is 6.67. The molecule has 0 unspecified atom stereocenters. The Hall–Kier alpha value is -2.72. The molecule has 0 saturated carbocycles. The maximum Gasteiger partial charge on any atom is 0.243 e. The largest absolute Gasteiger partial charge is 0.467 e. The number of nitrogens with zero attached hydrogens (tertiary/aromatic N) is 3. The van der Waals surface area contributed by atoms with Gasteiger partial charge in [0.15, 0.2) is 5.13 Å². The van der Waals surface area contributed by atoms with E-state index in [0.29, 0.717) is 34.3 Å². The van der Waals surface area contributed by atoms with Gasteiger partial charge in [-0.2, -0.15) is 4.31 Å². The topological polar surface area (TPSA) is 83.7 Å². The van der Waals surface area contributed by atoms with Crippen molar-refractivity contribution in [2.75, 3.05) is 18.0 Å². The van der Waals surface area contributed by atoms with E-state index in [9.17, 15) is 13.2 Å². The van der Waals surface area contributed by atoms with Crippen LogP contribution in [0.15, 0.2) is 70.2 Å². The second-order valence-corrected chi connectivity index (χ2v) is 11.9. The fourth-order valence-electron chi connectivity index (χ4n) is 4.24. The van der Waals surface area contributed by atoms with Gasteiger partial charge in [0.05, 0.1) is 27.4 Å². The van der Waals surface area contributed by atoms with Gasteiger partial charge < -0.3 is 4.42 Å². The van der Waals surface area contributed by atoms with Gasteiger partial charge in [0, 0.05) is 19.0 Å². The molecule has 1 saturated heterocycles. The SMILES string of the molecule is Cc1ccc(S(=O)(=O)N2CCC(C(=O)N(Cc3ccco3)c3nc4c(Cl)cccc4s3)CC2)cc1. The molecule has 35 heavy (non-hydrogen) atoms. The van der Waals surface area contributed by atoms with E-state index >= 15 is 0 Å². The Bertz CT molecular complexity index is 1440. The first-order valence-corrected chi connectivity index (χ1v) is 13.9. The van der Waals surface area contributed by atoms with Gasteiger partial charge in [0.2, 0.25) is 15.9 Å². The van der Waals surface area contributed by atoms with Crippen LogP contribution in [-0.2, 0) is 21.4 Å². The predicted octanol–water partition coefficient (Wildman–Crippen LogP) is 5.49. The highest BCUT2D eigenvalue weighted by atomic mass is 35.5. The zero-order chi connectivity index (χ0) is 24.6. The van der Waals surface area contributed by atoms with Gasteiger partial charge in [-0.3, -0.25) is 9.69 Å². The molecule has 1 fully saturated rings. The molecule has 0 N–H and O–H groups in total. The van der Waals surface area contributed by atoms with Gasteiger partial charge in [-0.25, -0.2) is 13.4 Å². The zero-order valence-electron chi connectivity index (χ0n) is 19.1. The second-order valence-electron chi connectivity index (χ2n) is 8.58. The molecule has 2 aromatic heterocycles. The van der Waals surface area contributed by atoms with Crippen LogP contribution in [-0.4, -0.2) is 36.7 Å². The number of hydrogen-bond donors (Lipinski definition) is 0. The van der Waals surface area contributed by atoms with Crippen molar-refractivity contribution in [1.29, 1.82) is 0 Å². The van der Waals surface area contributed by atoms with Crippen molar-refractivity contribution in [2.24, 2.45) is 5.92 Å². The molecule has 182 valence electrons. The van der Waals surface area contributed by atoms with E-state index in [1.165, 1.54) is 15.6 Å². The van der Waals surface area contributed by atoms with E-state index in [-0.39, 0.29) is 36.4 Å². The summed E-state index contributed by atoms with van der Waals surface area (Å²) in [6, 6.07) is 16.0. The standard InChI is InChI=1S/C25H24ClN3O4S2/c1-17-7-9-20(10-8-17)35(31,32)28-13-11-18(12-14-28)24(30)29(16-19-4-3-15-33-19)25-27-23-21(26)5-2-6-22(23)34-25/h2-10,15,18H,11-14,16H2,1H3. The molecule has 7 nitrogen and oxygen atoms in total. The summed E-state index contributed by atoms with van der Waals surface area (Å²) in [7, 11) is -3.59. The number of amides is 1. The van der Waals surface area contributed by atoms with E-state index < -0.39 is 10.0 Å². The summed E-state index contributed by atoms with van der Waals surface area (Å²) in [5.74, 6) is 0.226. The van der Waals surface area contributed by atoms with E-state index in [1.807, 2.05) is 25.1 Å². The van der Waals surface area contributed by atoms with Gasteiger partial charge in [0.1, 0.15) is 11.3 Å². The van der Waals surface area contributed by atoms with Crippen LogP contribution in [0.5, 0.6) is 0 Å². The van der Waals surface area contributed by atoms with Crippen LogP contribution >= 0.6 is 22.9 Å². The molecule has 1 amide bonds. The second kappa shape index (κ2) is 9.73. The van der Waals surface area contributed by atoms with Crippen molar-refractivity contribution in [3.05, 3.63) is 77.2 Å². The number of rotatable bonds is 6. The van der Waals surface area contributed by atoms with E-state index in [4.69, 9.17) is 16.0 Å². The quantitative estimate of drug-likeness (QED) is 0.330. The third-order valence-electron chi connectivity index (χ3n) is 6.21. The molecule has 5 rings (SSSR count). The van der Waals surface area contributed by atoms with Crippen molar-refractivity contribution < 1.29 is 17.6 Å². The number of thiazole rings is 1. The fourth-order valence-corrected chi connectivity index (χ4v) is 6.98. The number of furan rings is 1. The molecule has 0 bridgehead atoms. The predicted molar refractivity (Wildman–Crippen MR) is 137 cm³/mol. The maximum absolute atomic E-state index is 13.7. The fraction of sp³-hybridized carbons (Fsp3) is 0.280. The van der Waals surface area contributed by atoms with Crippen LogP contribution < -0.4 is 4.90 Å². The number of carbonyl (C=O) groups excluding carboxylic acids is 1. The zero-order valence-corrected chi connectivity index (χ0v) is 21.4. The first-order chi connectivity index (χ1) is 16.8. The summed E-state index contributed by atoms with van der Waals surface area (Å²) in [5.41, 5.74) is 1.66. The first-order valence-electron chi connectivity index (χ1n) is 11.3. The minimum atomic E-state index is -3.59. The number of piperidine rings is 1. The summed E-state index contributed by atoms with van der Waals surface area (Å²) in [6.07, 6.45) is 2.44. The molecule has 4 aromatic rings. The lowest BCUT2D eigenvalue weighted by Gasteiger charge is -2.32. The monoisotopic (exact) mass is 529 g/mol. The molecule has 2 aromatic carbocycles. The number of anilines is 1. The minimum absolute atomic E-state index is 0.0936. The summed E-state index contributed by atoms with van der Waals surface area (Å²) in [6.45, 7) is 2.73. The molecule has 1 aliphatic heterocycles. The van der Waals surface area contributed by atoms with Crippen LogP contribution in [0.25, 0.3) is 10.2 Å². The van der Waals surface area contributed by atoms with E-state index in [0.717, 1.165) is 10.3 Å². The van der Waals surface area contributed by atoms with Gasteiger partial charge in [-0.1, -0.05) is 46.7 Å². The third-order valence-corrected chi connectivity index (χ3v) is 9.47. The number of aromatic nitrogens is 1. The van der Waals surface area contributed by atoms with E-state index in [2.05, 4.69) is 4.98 Å². The van der Waals surface area contributed by atoms with E-state index in [1.54, 1.807) is 47.6 Å². The average molecular weight is 530 g/mol. The molecule has 1 aliphatic rings.